The zero-order chi connectivity index (χ0) is 13.4. The first kappa shape index (κ1) is 14.8. The molecule has 1 aromatic rings. The molecule has 1 atom stereocenters. The topological polar surface area (TPSA) is 30.5 Å². The molecule has 3 nitrogen and oxygen atoms in total. The van der Waals surface area contributed by atoms with Crippen LogP contribution in [0.5, 0.6) is 11.5 Å². The monoisotopic (exact) mass is 251 g/mol. The lowest BCUT2D eigenvalue weighted by molar-refractivity contribution is 0.294. The molecule has 0 spiro atoms. The average Bonchev–Trinajstić information content (AvgIpc) is 2.42. The van der Waals surface area contributed by atoms with Crippen LogP contribution in [-0.2, 0) is 6.54 Å². The van der Waals surface area contributed by atoms with E-state index in [1.54, 1.807) is 7.11 Å². The third kappa shape index (κ3) is 4.57. The molecule has 0 saturated carbocycles. The van der Waals surface area contributed by atoms with Gasteiger partial charge in [-0.1, -0.05) is 19.9 Å². The lowest BCUT2D eigenvalue weighted by Gasteiger charge is -2.14. The van der Waals surface area contributed by atoms with Gasteiger partial charge in [0.2, 0.25) is 0 Å². The summed E-state index contributed by atoms with van der Waals surface area (Å²) >= 11 is 0. The highest BCUT2D eigenvalue weighted by Gasteiger charge is 2.06. The molecule has 0 aliphatic heterocycles. The first-order chi connectivity index (χ1) is 8.71. The van der Waals surface area contributed by atoms with Gasteiger partial charge >= 0.3 is 0 Å². The van der Waals surface area contributed by atoms with Crippen molar-refractivity contribution in [3.8, 4) is 11.5 Å². The molecule has 0 aliphatic carbocycles. The van der Waals surface area contributed by atoms with E-state index in [1.165, 1.54) is 5.56 Å². The molecule has 1 aromatic carbocycles. The lowest BCUT2D eigenvalue weighted by atomic mass is 10.1. The Kier molecular flexibility index (Phi) is 6.58. The quantitative estimate of drug-likeness (QED) is 0.768. The van der Waals surface area contributed by atoms with Crippen LogP contribution in [0.4, 0.5) is 0 Å². The van der Waals surface area contributed by atoms with E-state index in [0.29, 0.717) is 6.04 Å². The van der Waals surface area contributed by atoms with Gasteiger partial charge in [-0.3, -0.25) is 0 Å². The molecule has 1 N–H and O–H groups in total. The number of benzene rings is 1. The van der Waals surface area contributed by atoms with Gasteiger partial charge in [0.05, 0.1) is 13.7 Å². The van der Waals surface area contributed by atoms with Crippen molar-refractivity contribution >= 4 is 0 Å². The summed E-state index contributed by atoms with van der Waals surface area (Å²) in [6.45, 7) is 8.05. The van der Waals surface area contributed by atoms with Gasteiger partial charge in [0.15, 0.2) is 11.5 Å². The second-order valence-corrected chi connectivity index (χ2v) is 4.52. The van der Waals surface area contributed by atoms with Gasteiger partial charge in [-0.05, 0) is 37.5 Å². The largest absolute Gasteiger partial charge is 0.493 e. The smallest absolute Gasteiger partial charge is 0.161 e. The molecule has 0 fully saturated rings. The van der Waals surface area contributed by atoms with E-state index in [2.05, 4.69) is 32.2 Å². The van der Waals surface area contributed by atoms with Crippen molar-refractivity contribution in [1.82, 2.24) is 5.32 Å². The van der Waals surface area contributed by atoms with Crippen LogP contribution < -0.4 is 14.8 Å². The molecule has 0 heterocycles. The minimum atomic E-state index is 0.534. The molecular formula is C15H25NO2. The minimum Gasteiger partial charge on any atom is -0.493 e. The van der Waals surface area contributed by atoms with Crippen LogP contribution in [-0.4, -0.2) is 19.8 Å². The molecule has 18 heavy (non-hydrogen) atoms. The predicted molar refractivity (Wildman–Crippen MR) is 75.4 cm³/mol. The van der Waals surface area contributed by atoms with E-state index in [1.807, 2.05) is 12.1 Å². The first-order valence-corrected chi connectivity index (χ1v) is 6.74. The van der Waals surface area contributed by atoms with Gasteiger partial charge in [-0.15, -0.1) is 0 Å². The van der Waals surface area contributed by atoms with E-state index >= 15 is 0 Å². The van der Waals surface area contributed by atoms with Gasteiger partial charge in [0.25, 0.3) is 0 Å². The zero-order valence-electron chi connectivity index (χ0n) is 12.0. The predicted octanol–water partition coefficient (Wildman–Crippen LogP) is 3.37. The highest BCUT2D eigenvalue weighted by Crippen LogP contribution is 2.28. The van der Waals surface area contributed by atoms with Gasteiger partial charge in [0, 0.05) is 12.6 Å². The second-order valence-electron chi connectivity index (χ2n) is 4.52. The Labute approximate surface area is 110 Å². The molecule has 0 aliphatic rings. The van der Waals surface area contributed by atoms with Crippen molar-refractivity contribution in [3.05, 3.63) is 23.8 Å². The van der Waals surface area contributed by atoms with E-state index in [0.717, 1.165) is 37.5 Å². The average molecular weight is 251 g/mol. The van der Waals surface area contributed by atoms with Crippen molar-refractivity contribution in [2.24, 2.45) is 0 Å². The molecule has 102 valence electrons. The maximum Gasteiger partial charge on any atom is 0.161 e. The Morgan fingerprint density at radius 1 is 1.22 bits per heavy atom. The van der Waals surface area contributed by atoms with Gasteiger partial charge in [0.1, 0.15) is 0 Å². The summed E-state index contributed by atoms with van der Waals surface area (Å²) in [5.41, 5.74) is 1.22. The molecule has 0 aromatic heterocycles. The van der Waals surface area contributed by atoms with E-state index in [9.17, 15) is 0 Å². The summed E-state index contributed by atoms with van der Waals surface area (Å²) < 4.78 is 11.0. The highest BCUT2D eigenvalue weighted by atomic mass is 16.5. The molecular weight excluding hydrogens is 226 g/mol. The third-order valence-corrected chi connectivity index (χ3v) is 2.96. The Hall–Kier alpha value is -1.22. The summed E-state index contributed by atoms with van der Waals surface area (Å²) in [6.07, 6.45) is 2.13. The van der Waals surface area contributed by atoms with Crippen molar-refractivity contribution < 1.29 is 9.47 Å². The fraction of sp³-hybridized carbons (Fsp3) is 0.600. The number of ether oxygens (including phenoxy) is 2. The fourth-order valence-corrected chi connectivity index (χ4v) is 1.59. The standard InChI is InChI=1S/C15H25NO2/c1-5-9-18-14-8-7-13(10-15(14)17-4)11-16-12(3)6-2/h7-8,10,12,16H,5-6,9,11H2,1-4H3. The minimum absolute atomic E-state index is 0.534. The van der Waals surface area contributed by atoms with Crippen LogP contribution in [0.25, 0.3) is 0 Å². The highest BCUT2D eigenvalue weighted by molar-refractivity contribution is 5.42. The van der Waals surface area contributed by atoms with E-state index in [4.69, 9.17) is 9.47 Å². The molecule has 0 saturated heterocycles. The second kappa shape index (κ2) is 7.98. The van der Waals surface area contributed by atoms with Crippen LogP contribution in [0, 0.1) is 0 Å². The first-order valence-electron chi connectivity index (χ1n) is 6.74. The molecule has 3 heteroatoms. The number of nitrogens with one attached hydrogen (secondary N) is 1. The summed E-state index contributed by atoms with van der Waals surface area (Å²) in [6, 6.07) is 6.65. The van der Waals surface area contributed by atoms with Gasteiger partial charge in [-0.2, -0.15) is 0 Å². The normalized spacial score (nSPS) is 12.2. The maximum atomic E-state index is 5.63. The number of methoxy groups -OCH3 is 1. The Bertz CT molecular complexity index is 352. The number of hydrogen-bond acceptors (Lipinski definition) is 3. The van der Waals surface area contributed by atoms with Crippen LogP contribution in [0.15, 0.2) is 18.2 Å². The van der Waals surface area contributed by atoms with E-state index in [-0.39, 0.29) is 0 Å². The number of rotatable bonds is 8. The molecule has 0 bridgehead atoms. The Morgan fingerprint density at radius 2 is 2.00 bits per heavy atom. The molecule has 0 amide bonds. The van der Waals surface area contributed by atoms with Crippen molar-refractivity contribution in [1.29, 1.82) is 0 Å². The fourth-order valence-electron chi connectivity index (χ4n) is 1.59. The van der Waals surface area contributed by atoms with Crippen LogP contribution >= 0.6 is 0 Å². The van der Waals surface area contributed by atoms with Crippen LogP contribution in [0.3, 0.4) is 0 Å². The third-order valence-electron chi connectivity index (χ3n) is 2.96. The molecule has 1 rings (SSSR count). The van der Waals surface area contributed by atoms with Crippen LogP contribution in [0.1, 0.15) is 39.2 Å². The summed E-state index contributed by atoms with van der Waals surface area (Å²) in [5.74, 6) is 1.64. The summed E-state index contributed by atoms with van der Waals surface area (Å²) in [7, 11) is 1.68. The van der Waals surface area contributed by atoms with Crippen molar-refractivity contribution in [2.45, 2.75) is 46.2 Å². The van der Waals surface area contributed by atoms with Gasteiger partial charge < -0.3 is 14.8 Å². The van der Waals surface area contributed by atoms with Gasteiger partial charge in [-0.25, -0.2) is 0 Å². The van der Waals surface area contributed by atoms with Crippen LogP contribution in [0.2, 0.25) is 0 Å². The Balaban J connectivity index is 2.66. The van der Waals surface area contributed by atoms with E-state index < -0.39 is 0 Å². The molecule has 1 unspecified atom stereocenters. The summed E-state index contributed by atoms with van der Waals surface area (Å²) in [5, 5.41) is 3.47. The number of hydrogen-bond donors (Lipinski definition) is 1. The van der Waals surface area contributed by atoms with Crippen molar-refractivity contribution in [3.63, 3.8) is 0 Å². The lowest BCUT2D eigenvalue weighted by Crippen LogP contribution is -2.24. The van der Waals surface area contributed by atoms with Crippen molar-refractivity contribution in [2.75, 3.05) is 13.7 Å². The Morgan fingerprint density at radius 3 is 2.61 bits per heavy atom. The zero-order valence-corrected chi connectivity index (χ0v) is 12.0. The maximum absolute atomic E-state index is 5.63. The summed E-state index contributed by atoms with van der Waals surface area (Å²) in [4.78, 5) is 0. The molecule has 0 radical (unpaired) electrons. The SMILES string of the molecule is CCCOc1ccc(CNC(C)CC)cc1OC.